The Balaban J connectivity index is 1.75. The van der Waals surface area contributed by atoms with Crippen LogP contribution in [0.25, 0.3) is 11.0 Å². The molecule has 150 valence electrons. The van der Waals surface area contributed by atoms with Crippen LogP contribution >= 0.6 is 11.6 Å². The minimum absolute atomic E-state index is 0.0459. The van der Waals surface area contributed by atoms with E-state index < -0.39 is 0 Å². The molecule has 0 radical (unpaired) electrons. The predicted octanol–water partition coefficient (Wildman–Crippen LogP) is 4.24. The molecule has 29 heavy (non-hydrogen) atoms. The van der Waals surface area contributed by atoms with Gasteiger partial charge in [-0.3, -0.25) is 4.79 Å². The van der Waals surface area contributed by atoms with Gasteiger partial charge in [0.1, 0.15) is 16.9 Å². The minimum Gasteiger partial charge on any atom is -0.497 e. The topological polar surface area (TPSA) is 73.1 Å². The number of hydrogen-bond donors (Lipinski definition) is 1. The zero-order valence-corrected chi connectivity index (χ0v) is 16.7. The van der Waals surface area contributed by atoms with Gasteiger partial charge < -0.3 is 19.2 Å². The molecule has 0 bridgehead atoms. The van der Waals surface area contributed by atoms with E-state index in [4.69, 9.17) is 25.5 Å². The first-order chi connectivity index (χ1) is 14.1. The number of halogens is 1. The zero-order chi connectivity index (χ0) is 20.2. The molecule has 1 atom stereocenters. The van der Waals surface area contributed by atoms with Crippen LogP contribution in [0.15, 0.2) is 57.9 Å². The van der Waals surface area contributed by atoms with E-state index in [1.807, 2.05) is 18.2 Å². The third-order valence-corrected chi connectivity index (χ3v) is 4.99. The zero-order valence-electron chi connectivity index (χ0n) is 16.0. The Hall–Kier alpha value is -2.83. The molecule has 6 nitrogen and oxygen atoms in total. The van der Waals surface area contributed by atoms with E-state index >= 15 is 0 Å². The summed E-state index contributed by atoms with van der Waals surface area (Å²) in [5.41, 5.74) is 1.76. The number of carbonyl (C=O) groups excluding carboxylic acids is 1. The van der Waals surface area contributed by atoms with E-state index in [1.165, 1.54) is 0 Å². The summed E-state index contributed by atoms with van der Waals surface area (Å²) >= 11 is 6.10. The molecule has 1 aromatic heterocycles. The summed E-state index contributed by atoms with van der Waals surface area (Å²) < 4.78 is 16.8. The molecule has 0 saturated carbocycles. The van der Waals surface area contributed by atoms with Crippen molar-refractivity contribution in [2.45, 2.75) is 18.9 Å². The van der Waals surface area contributed by atoms with Gasteiger partial charge in [0, 0.05) is 29.6 Å². The minimum atomic E-state index is -0.271. The van der Waals surface area contributed by atoms with Crippen molar-refractivity contribution in [3.8, 4) is 5.75 Å². The molecule has 3 aromatic rings. The molecule has 1 unspecified atom stereocenters. The lowest BCUT2D eigenvalue weighted by molar-refractivity contribution is 0.0854. The van der Waals surface area contributed by atoms with Crippen LogP contribution in [0.2, 0.25) is 5.02 Å². The van der Waals surface area contributed by atoms with Crippen LogP contribution in [0.3, 0.4) is 0 Å². The molecular formula is C22H21ClN2O4. The highest BCUT2D eigenvalue weighted by Crippen LogP contribution is 2.21. The standard InChI is InChI=1S/C22H21ClN2O4/c1-27-17-5-2-4-16(12-17)25-22-19(21(26)24-13-18-6-3-9-28-18)11-14-10-15(23)7-8-20(14)29-22/h2,4-5,7-8,10-12,18H,3,6,9,13H2,1H3,(H,24,26). The van der Waals surface area contributed by atoms with Gasteiger partial charge in [-0.05, 0) is 49.2 Å². The summed E-state index contributed by atoms with van der Waals surface area (Å²) in [7, 11) is 1.59. The van der Waals surface area contributed by atoms with Crippen LogP contribution in [0.4, 0.5) is 5.69 Å². The highest BCUT2D eigenvalue weighted by atomic mass is 35.5. The van der Waals surface area contributed by atoms with Gasteiger partial charge in [-0.1, -0.05) is 17.7 Å². The fourth-order valence-corrected chi connectivity index (χ4v) is 3.43. The quantitative estimate of drug-likeness (QED) is 0.680. The smallest absolute Gasteiger partial charge is 0.256 e. The van der Waals surface area contributed by atoms with E-state index in [9.17, 15) is 4.79 Å². The Morgan fingerprint density at radius 1 is 1.28 bits per heavy atom. The Labute approximate surface area is 173 Å². The van der Waals surface area contributed by atoms with Crippen LogP contribution in [-0.2, 0) is 4.74 Å². The van der Waals surface area contributed by atoms with Crippen LogP contribution < -0.4 is 15.6 Å². The van der Waals surface area contributed by atoms with Crippen molar-refractivity contribution in [2.75, 3.05) is 20.3 Å². The largest absolute Gasteiger partial charge is 0.497 e. The van der Waals surface area contributed by atoms with E-state index in [0.29, 0.717) is 34.2 Å². The van der Waals surface area contributed by atoms with E-state index in [-0.39, 0.29) is 17.6 Å². The summed E-state index contributed by atoms with van der Waals surface area (Å²) in [5, 5.41) is 4.22. The summed E-state index contributed by atoms with van der Waals surface area (Å²) in [5.74, 6) is 0.399. The number of nitrogens with one attached hydrogen (secondary N) is 1. The number of rotatable bonds is 5. The van der Waals surface area contributed by atoms with Crippen LogP contribution in [0, 0.1) is 0 Å². The second-order valence-corrected chi connectivity index (χ2v) is 7.24. The number of carbonyl (C=O) groups is 1. The molecule has 1 N–H and O–H groups in total. The molecule has 1 aliphatic rings. The first kappa shape index (κ1) is 19.5. The van der Waals surface area contributed by atoms with Crippen molar-refractivity contribution in [3.63, 3.8) is 0 Å². The van der Waals surface area contributed by atoms with Gasteiger partial charge in [-0.15, -0.1) is 0 Å². The lowest BCUT2D eigenvalue weighted by Crippen LogP contribution is -2.34. The average Bonchev–Trinajstić information content (AvgIpc) is 3.25. The van der Waals surface area contributed by atoms with Gasteiger partial charge in [0.05, 0.1) is 18.9 Å². The summed E-state index contributed by atoms with van der Waals surface area (Å²) in [6.45, 7) is 1.19. The van der Waals surface area contributed by atoms with E-state index in [0.717, 1.165) is 24.8 Å². The normalized spacial score (nSPS) is 16.9. The van der Waals surface area contributed by atoms with Crippen molar-refractivity contribution in [1.82, 2.24) is 5.32 Å². The van der Waals surface area contributed by atoms with Crippen molar-refractivity contribution in [1.29, 1.82) is 0 Å². The van der Waals surface area contributed by atoms with Gasteiger partial charge in [0.15, 0.2) is 0 Å². The Bertz CT molecular complexity index is 1100. The third kappa shape index (κ3) is 4.60. The molecule has 4 rings (SSSR count). The average molecular weight is 413 g/mol. The molecule has 1 fully saturated rings. The third-order valence-electron chi connectivity index (χ3n) is 4.75. The first-order valence-electron chi connectivity index (χ1n) is 9.44. The predicted molar refractivity (Wildman–Crippen MR) is 111 cm³/mol. The number of hydrogen-bond acceptors (Lipinski definition) is 5. The molecule has 1 saturated heterocycles. The Morgan fingerprint density at radius 2 is 2.17 bits per heavy atom. The van der Waals surface area contributed by atoms with Crippen LogP contribution in [0.5, 0.6) is 5.75 Å². The van der Waals surface area contributed by atoms with Crippen LogP contribution in [0.1, 0.15) is 23.2 Å². The number of nitrogens with zero attached hydrogens (tertiary/aromatic N) is 1. The van der Waals surface area contributed by atoms with Gasteiger partial charge in [-0.2, -0.15) is 0 Å². The van der Waals surface area contributed by atoms with Gasteiger partial charge >= 0.3 is 0 Å². The van der Waals surface area contributed by atoms with Gasteiger partial charge in [-0.25, -0.2) is 4.99 Å². The fourth-order valence-electron chi connectivity index (χ4n) is 3.25. The first-order valence-corrected chi connectivity index (χ1v) is 9.82. The molecular weight excluding hydrogens is 392 g/mol. The summed E-state index contributed by atoms with van der Waals surface area (Å²) in [4.78, 5) is 17.5. The second-order valence-electron chi connectivity index (χ2n) is 6.81. The van der Waals surface area contributed by atoms with Crippen LogP contribution in [-0.4, -0.2) is 32.3 Å². The SMILES string of the molecule is COc1cccc(N=c2oc3ccc(Cl)cc3cc2C(=O)NCC2CCCO2)c1. The Morgan fingerprint density at radius 3 is 2.97 bits per heavy atom. The maximum atomic E-state index is 12.9. The number of amides is 1. The van der Waals surface area contributed by atoms with Gasteiger partial charge in [0.2, 0.25) is 5.55 Å². The van der Waals surface area contributed by atoms with Gasteiger partial charge in [0.25, 0.3) is 5.91 Å². The molecule has 0 spiro atoms. The maximum Gasteiger partial charge on any atom is 0.256 e. The Kier molecular flexibility index (Phi) is 5.83. The van der Waals surface area contributed by atoms with Crippen molar-refractivity contribution < 1.29 is 18.7 Å². The molecule has 2 heterocycles. The van der Waals surface area contributed by atoms with Crippen molar-refractivity contribution >= 4 is 34.2 Å². The molecule has 1 aliphatic heterocycles. The van der Waals surface area contributed by atoms with Crippen molar-refractivity contribution in [3.05, 3.63) is 64.7 Å². The summed E-state index contributed by atoms with van der Waals surface area (Å²) in [6.07, 6.45) is 2.00. The molecule has 2 aromatic carbocycles. The number of fused-ring (bicyclic) bond motifs is 1. The van der Waals surface area contributed by atoms with E-state index in [2.05, 4.69) is 10.3 Å². The highest BCUT2D eigenvalue weighted by molar-refractivity contribution is 6.31. The van der Waals surface area contributed by atoms with Crippen molar-refractivity contribution in [2.24, 2.45) is 4.99 Å². The molecule has 1 amide bonds. The molecule has 0 aliphatic carbocycles. The number of methoxy groups -OCH3 is 1. The van der Waals surface area contributed by atoms with E-state index in [1.54, 1.807) is 37.4 Å². The summed E-state index contributed by atoms with van der Waals surface area (Å²) in [6, 6.07) is 14.2. The molecule has 7 heteroatoms. The monoisotopic (exact) mass is 412 g/mol. The lowest BCUT2D eigenvalue weighted by Gasteiger charge is -2.11. The maximum absolute atomic E-state index is 12.9. The highest BCUT2D eigenvalue weighted by Gasteiger charge is 2.18. The lowest BCUT2D eigenvalue weighted by atomic mass is 10.1. The second kappa shape index (κ2) is 8.68. The number of benzene rings is 2. The fraction of sp³-hybridized carbons (Fsp3) is 0.273. The number of ether oxygens (including phenoxy) is 2.